The van der Waals surface area contributed by atoms with Gasteiger partial charge < -0.3 is 10.4 Å². The van der Waals surface area contributed by atoms with Crippen molar-refractivity contribution < 1.29 is 31.5 Å². The quantitative estimate of drug-likeness (QED) is 0.488. The van der Waals surface area contributed by atoms with E-state index in [4.69, 9.17) is 11.6 Å². The Kier molecular flexibility index (Phi) is 6.43. The third kappa shape index (κ3) is 4.60. The molecule has 0 aliphatic heterocycles. The molecule has 3 rings (SSSR count). The second-order valence-corrected chi connectivity index (χ2v) is 9.07. The molecule has 1 aromatic heterocycles. The summed E-state index contributed by atoms with van der Waals surface area (Å²) in [6.07, 6.45) is -1.89. The van der Waals surface area contributed by atoms with E-state index < -0.39 is 50.3 Å². The van der Waals surface area contributed by atoms with E-state index >= 15 is 0 Å². The predicted octanol–water partition coefficient (Wildman–Crippen LogP) is 5.26. The highest BCUT2D eigenvalue weighted by molar-refractivity contribution is 7.93. The number of halogens is 4. The van der Waals surface area contributed by atoms with Gasteiger partial charge in [-0.1, -0.05) is 11.6 Å². The molecule has 2 N–H and O–H groups in total. The van der Waals surface area contributed by atoms with Crippen molar-refractivity contribution in [3.63, 3.8) is 0 Å². The van der Waals surface area contributed by atoms with E-state index in [0.717, 1.165) is 47.0 Å². The summed E-state index contributed by atoms with van der Waals surface area (Å²) in [7, 11) is -4.91. The lowest BCUT2D eigenvalue weighted by Crippen LogP contribution is -2.36. The number of benzene rings is 2. The van der Waals surface area contributed by atoms with Gasteiger partial charge in [0.2, 0.25) is 0 Å². The Morgan fingerprint density at radius 2 is 1.94 bits per heavy atom. The normalized spacial score (nSPS) is 12.4. The fourth-order valence-corrected chi connectivity index (χ4v) is 4.91. The number of hydrogen-bond donors (Lipinski definition) is 2. The van der Waals surface area contributed by atoms with Gasteiger partial charge >= 0.3 is 6.09 Å². The van der Waals surface area contributed by atoms with Crippen molar-refractivity contribution in [2.75, 3.05) is 9.62 Å². The van der Waals surface area contributed by atoms with Gasteiger partial charge in [-0.05, 0) is 37.3 Å². The average molecular weight is 492 g/mol. The van der Waals surface area contributed by atoms with Crippen LogP contribution in [0.3, 0.4) is 0 Å². The number of sulfonamides is 1. The zero-order chi connectivity index (χ0) is 22.9. The average Bonchev–Trinajstić information content (AvgIpc) is 3.19. The maximum Gasteiger partial charge on any atom is 0.427 e. The summed E-state index contributed by atoms with van der Waals surface area (Å²) in [4.78, 5) is 14.2. The Bertz CT molecular complexity index is 1240. The zero-order valence-corrected chi connectivity index (χ0v) is 17.9. The monoisotopic (exact) mass is 491 g/mol. The molecule has 0 saturated heterocycles. The third-order valence-corrected chi connectivity index (χ3v) is 6.72. The third-order valence-electron chi connectivity index (χ3n) is 4.14. The Morgan fingerprint density at radius 1 is 1.23 bits per heavy atom. The first-order valence-corrected chi connectivity index (χ1v) is 11.2. The van der Waals surface area contributed by atoms with Gasteiger partial charge in [-0.25, -0.2) is 31.4 Å². The first-order chi connectivity index (χ1) is 14.5. The van der Waals surface area contributed by atoms with E-state index in [2.05, 4.69) is 10.3 Å². The maximum atomic E-state index is 14.7. The molecule has 13 heteroatoms. The number of carboxylic acid groups (broad SMARTS) is 1. The predicted molar refractivity (Wildman–Crippen MR) is 110 cm³/mol. The topological polar surface area (TPSA) is 99.6 Å². The van der Waals surface area contributed by atoms with Crippen LogP contribution in [-0.4, -0.2) is 24.6 Å². The number of hydrogen-bond acceptors (Lipinski definition) is 6. The molecule has 0 aliphatic rings. The highest BCUT2D eigenvalue weighted by Crippen LogP contribution is 2.34. The smallest absolute Gasteiger partial charge is 0.427 e. The zero-order valence-electron chi connectivity index (χ0n) is 15.5. The first kappa shape index (κ1) is 22.8. The van der Waals surface area contributed by atoms with Crippen LogP contribution in [0.25, 0.3) is 0 Å². The van der Waals surface area contributed by atoms with Gasteiger partial charge in [-0.2, -0.15) is 0 Å². The van der Waals surface area contributed by atoms with Gasteiger partial charge in [0, 0.05) is 10.9 Å². The summed E-state index contributed by atoms with van der Waals surface area (Å²) in [6, 6.07) is 3.42. The lowest BCUT2D eigenvalue weighted by Gasteiger charge is -2.20. The summed E-state index contributed by atoms with van der Waals surface area (Å²) in [5.41, 5.74) is 1.04. The van der Waals surface area contributed by atoms with Gasteiger partial charge in [0.1, 0.15) is 22.3 Å². The van der Waals surface area contributed by atoms with Crippen molar-refractivity contribution in [2.45, 2.75) is 17.9 Å². The van der Waals surface area contributed by atoms with E-state index in [0.29, 0.717) is 0 Å². The molecule has 1 heterocycles. The Morgan fingerprint density at radius 3 is 2.55 bits per heavy atom. The number of nitrogens with zero attached hydrogens (tertiary/aromatic N) is 2. The number of carbonyl (C=O) groups is 1. The molecule has 0 fully saturated rings. The van der Waals surface area contributed by atoms with Crippen LogP contribution in [0.1, 0.15) is 18.5 Å². The molecule has 1 amide bonds. The van der Waals surface area contributed by atoms with Crippen molar-refractivity contribution in [2.24, 2.45) is 0 Å². The molecule has 2 aromatic carbocycles. The molecule has 0 saturated carbocycles. The molecule has 7 nitrogen and oxygen atoms in total. The van der Waals surface area contributed by atoms with Crippen molar-refractivity contribution in [1.82, 2.24) is 4.98 Å². The van der Waals surface area contributed by atoms with Crippen LogP contribution in [0.2, 0.25) is 5.02 Å². The van der Waals surface area contributed by atoms with Gasteiger partial charge in [-0.3, -0.25) is 0 Å². The van der Waals surface area contributed by atoms with E-state index in [1.165, 1.54) is 12.4 Å². The fraction of sp³-hybridized carbons (Fsp3) is 0.111. The molecule has 0 radical (unpaired) electrons. The first-order valence-electron chi connectivity index (χ1n) is 8.39. The van der Waals surface area contributed by atoms with Gasteiger partial charge in [-0.15, -0.1) is 15.6 Å². The molecule has 0 bridgehead atoms. The van der Waals surface area contributed by atoms with E-state index in [1.807, 2.05) is 0 Å². The second kappa shape index (κ2) is 8.73. The number of amides is 1. The molecule has 0 aliphatic carbocycles. The molecule has 0 unspecified atom stereocenters. The fourth-order valence-electron chi connectivity index (χ4n) is 2.72. The molecule has 164 valence electrons. The summed E-state index contributed by atoms with van der Waals surface area (Å²) in [6.45, 7) is 1.46. The van der Waals surface area contributed by atoms with Crippen molar-refractivity contribution in [3.8, 4) is 0 Å². The number of aromatic nitrogens is 1. The van der Waals surface area contributed by atoms with Crippen molar-refractivity contribution in [1.29, 1.82) is 0 Å². The largest absolute Gasteiger partial charge is 0.464 e. The van der Waals surface area contributed by atoms with Crippen LogP contribution in [0, 0.1) is 17.5 Å². The molecule has 31 heavy (non-hydrogen) atoms. The molecule has 1 atom stereocenters. The number of nitrogens with one attached hydrogen (secondary N) is 1. The molecule has 0 spiro atoms. The van der Waals surface area contributed by atoms with Crippen molar-refractivity contribution >= 4 is 50.6 Å². The van der Waals surface area contributed by atoms with Crippen LogP contribution in [-0.2, 0) is 10.0 Å². The Labute approximate surface area is 183 Å². The Hall–Kier alpha value is -2.83. The Balaban J connectivity index is 1.98. The highest BCUT2D eigenvalue weighted by atomic mass is 35.5. The summed E-state index contributed by atoms with van der Waals surface area (Å²) >= 11 is 7.02. The lowest BCUT2D eigenvalue weighted by molar-refractivity contribution is 0.206. The molecular formula is C18H13ClF3N3O4S2. The van der Waals surface area contributed by atoms with E-state index in [-0.39, 0.29) is 20.6 Å². The maximum absolute atomic E-state index is 14.7. The standard InChI is InChI=1S/C18H13ClF3N3O4S2/c1-9(11-4-10(20)2-3-13(11)21)24-15-6-14(22)16(5-12(15)19)31(28,29)25(18(26)27)17-7-30-8-23-17/h2-9,24H,1H3,(H,26,27)/t9-/m0/s1. The second-order valence-electron chi connectivity index (χ2n) is 6.19. The summed E-state index contributed by atoms with van der Waals surface area (Å²) < 4.78 is 67.6. The van der Waals surface area contributed by atoms with E-state index in [9.17, 15) is 31.5 Å². The number of thiazole rings is 1. The van der Waals surface area contributed by atoms with Gasteiger partial charge in [0.15, 0.2) is 5.82 Å². The minimum Gasteiger partial charge on any atom is -0.464 e. The number of anilines is 2. The van der Waals surface area contributed by atoms with Crippen LogP contribution < -0.4 is 9.62 Å². The van der Waals surface area contributed by atoms with Crippen LogP contribution in [0.5, 0.6) is 0 Å². The molecular weight excluding hydrogens is 479 g/mol. The van der Waals surface area contributed by atoms with Crippen LogP contribution >= 0.6 is 22.9 Å². The minimum atomic E-state index is -4.91. The molecule has 3 aromatic rings. The minimum absolute atomic E-state index is 0.0613. The van der Waals surface area contributed by atoms with Crippen LogP contribution in [0.15, 0.2) is 46.1 Å². The summed E-state index contributed by atoms with van der Waals surface area (Å²) in [5, 5.41) is 12.9. The highest BCUT2D eigenvalue weighted by Gasteiger charge is 2.35. The lowest BCUT2D eigenvalue weighted by atomic mass is 10.1. The number of rotatable bonds is 6. The van der Waals surface area contributed by atoms with E-state index in [1.54, 1.807) is 0 Å². The van der Waals surface area contributed by atoms with Crippen molar-refractivity contribution in [3.05, 3.63) is 69.3 Å². The van der Waals surface area contributed by atoms with Gasteiger partial charge in [0.25, 0.3) is 10.0 Å². The SMILES string of the molecule is C[C@H](Nc1cc(F)c(S(=O)(=O)N(C(=O)O)c2cscn2)cc1Cl)c1cc(F)ccc1F. The summed E-state index contributed by atoms with van der Waals surface area (Å²) in [5.74, 6) is -3.12. The van der Waals surface area contributed by atoms with Crippen LogP contribution in [0.4, 0.5) is 29.5 Å². The van der Waals surface area contributed by atoms with Gasteiger partial charge in [0.05, 0.1) is 22.3 Å².